The van der Waals surface area contributed by atoms with Gasteiger partial charge in [0.2, 0.25) is 0 Å². The fourth-order valence-electron chi connectivity index (χ4n) is 1.23. The van der Waals surface area contributed by atoms with E-state index >= 15 is 0 Å². The highest BCUT2D eigenvalue weighted by Crippen LogP contribution is 2.08. The van der Waals surface area contributed by atoms with Gasteiger partial charge in [0.05, 0.1) is 11.1 Å². The lowest BCUT2D eigenvalue weighted by Gasteiger charge is -1.93. The Labute approximate surface area is 114 Å². The molecule has 0 amide bonds. The minimum Gasteiger partial charge on any atom is -0.508 e. The summed E-state index contributed by atoms with van der Waals surface area (Å²) in [5.74, 6) is -1.84. The normalized spacial score (nSPS) is 9.20. The van der Waals surface area contributed by atoms with E-state index in [1.807, 2.05) is 0 Å². The van der Waals surface area contributed by atoms with Gasteiger partial charge in [0.15, 0.2) is 0 Å². The van der Waals surface area contributed by atoms with Crippen molar-refractivity contribution in [2.45, 2.75) is 0 Å². The van der Waals surface area contributed by atoms with Gasteiger partial charge >= 0.3 is 11.9 Å². The minimum atomic E-state index is -0.986. The molecule has 0 aliphatic heterocycles. The molecule has 0 fully saturated rings. The minimum absolute atomic E-state index is 0.0741. The zero-order valence-electron chi connectivity index (χ0n) is 10.4. The summed E-state index contributed by atoms with van der Waals surface area (Å²) in [6, 6.07) is 11.4. The second kappa shape index (κ2) is 6.79. The smallest absolute Gasteiger partial charge is 0.335 e. The van der Waals surface area contributed by atoms with Crippen LogP contribution in [0.1, 0.15) is 20.7 Å². The van der Waals surface area contributed by atoms with Crippen LogP contribution < -0.4 is 5.73 Å². The Hall–Kier alpha value is -3.02. The molecular formula is C14H13NO5. The van der Waals surface area contributed by atoms with Crippen LogP contribution in [0.2, 0.25) is 0 Å². The molecule has 6 nitrogen and oxygen atoms in total. The molecule has 0 aromatic heterocycles. The van der Waals surface area contributed by atoms with E-state index in [0.717, 1.165) is 0 Å². The second-order valence-electron chi connectivity index (χ2n) is 3.78. The molecule has 0 saturated heterocycles. The van der Waals surface area contributed by atoms with E-state index in [9.17, 15) is 9.59 Å². The first-order chi connectivity index (χ1) is 9.40. The van der Waals surface area contributed by atoms with Gasteiger partial charge in [-0.05, 0) is 48.5 Å². The maximum atomic E-state index is 10.3. The summed E-state index contributed by atoms with van der Waals surface area (Å²) in [6.07, 6.45) is 0. The topological polar surface area (TPSA) is 121 Å². The molecule has 20 heavy (non-hydrogen) atoms. The molecular weight excluding hydrogens is 262 g/mol. The Morgan fingerprint density at radius 3 is 1.45 bits per heavy atom. The fourth-order valence-corrected chi connectivity index (χ4v) is 1.23. The Bertz CT molecular complexity index is 534. The molecule has 0 bridgehead atoms. The molecule has 5 N–H and O–H groups in total. The van der Waals surface area contributed by atoms with Crippen LogP contribution in [-0.4, -0.2) is 27.3 Å². The van der Waals surface area contributed by atoms with E-state index in [1.165, 1.54) is 36.4 Å². The number of benzene rings is 2. The van der Waals surface area contributed by atoms with Crippen molar-refractivity contribution in [3.8, 4) is 5.75 Å². The standard InChI is InChI=1S/C7H7NO2.C7H6O3/c2*8-6-3-1-5(2-4-6)7(9)10/h1-4H,8H2,(H,9,10);1-4,8H,(H,9,10). The number of rotatable bonds is 2. The number of carboxylic acid groups (broad SMARTS) is 2. The molecule has 2 rings (SSSR count). The Kier molecular flexibility index (Phi) is 5.11. The van der Waals surface area contributed by atoms with Crippen molar-refractivity contribution in [3.05, 3.63) is 59.7 Å². The lowest BCUT2D eigenvalue weighted by atomic mass is 10.2. The molecule has 104 valence electrons. The molecule has 0 spiro atoms. The van der Waals surface area contributed by atoms with Gasteiger partial charge in [0.25, 0.3) is 0 Å². The second-order valence-corrected chi connectivity index (χ2v) is 3.78. The summed E-state index contributed by atoms with van der Waals surface area (Å²) < 4.78 is 0. The van der Waals surface area contributed by atoms with E-state index in [4.69, 9.17) is 21.1 Å². The van der Waals surface area contributed by atoms with E-state index in [1.54, 1.807) is 12.1 Å². The van der Waals surface area contributed by atoms with Gasteiger partial charge in [-0.2, -0.15) is 0 Å². The largest absolute Gasteiger partial charge is 0.508 e. The number of carboxylic acids is 2. The number of hydrogen-bond donors (Lipinski definition) is 4. The lowest BCUT2D eigenvalue weighted by Crippen LogP contribution is -1.95. The predicted molar refractivity (Wildman–Crippen MR) is 72.9 cm³/mol. The van der Waals surface area contributed by atoms with Crippen LogP contribution in [0.15, 0.2) is 48.5 Å². The molecule has 0 saturated carbocycles. The zero-order valence-corrected chi connectivity index (χ0v) is 10.4. The summed E-state index contributed by atoms with van der Waals surface area (Å²) in [5, 5.41) is 25.6. The lowest BCUT2D eigenvalue weighted by molar-refractivity contribution is 0.0686. The number of nitrogen functional groups attached to an aromatic ring is 1. The van der Waals surface area contributed by atoms with Gasteiger partial charge in [-0.25, -0.2) is 9.59 Å². The van der Waals surface area contributed by atoms with Gasteiger partial charge in [0, 0.05) is 5.69 Å². The summed E-state index contributed by atoms with van der Waals surface area (Å²) >= 11 is 0. The molecule has 0 radical (unpaired) electrons. The number of aromatic hydroxyl groups is 1. The fraction of sp³-hybridized carbons (Fsp3) is 0. The van der Waals surface area contributed by atoms with Gasteiger partial charge in [0.1, 0.15) is 5.75 Å². The van der Waals surface area contributed by atoms with Crippen molar-refractivity contribution in [3.63, 3.8) is 0 Å². The summed E-state index contributed by atoms with van der Waals surface area (Å²) in [4.78, 5) is 20.5. The van der Waals surface area contributed by atoms with E-state index in [2.05, 4.69) is 0 Å². The van der Waals surface area contributed by atoms with Crippen molar-refractivity contribution >= 4 is 17.6 Å². The van der Waals surface area contributed by atoms with E-state index in [0.29, 0.717) is 5.69 Å². The molecule has 2 aromatic rings. The number of phenolic OH excluding ortho intramolecular Hbond substituents is 1. The Morgan fingerprint density at radius 2 is 1.10 bits per heavy atom. The monoisotopic (exact) mass is 275 g/mol. The van der Waals surface area contributed by atoms with E-state index < -0.39 is 11.9 Å². The highest BCUT2D eigenvalue weighted by atomic mass is 16.4. The number of carbonyl (C=O) groups is 2. The van der Waals surface area contributed by atoms with E-state index in [-0.39, 0.29) is 16.9 Å². The molecule has 0 heterocycles. The molecule has 2 aromatic carbocycles. The van der Waals surface area contributed by atoms with Crippen molar-refractivity contribution in [1.29, 1.82) is 0 Å². The highest BCUT2D eigenvalue weighted by Gasteiger charge is 1.99. The van der Waals surface area contributed by atoms with Crippen LogP contribution in [0.25, 0.3) is 0 Å². The van der Waals surface area contributed by atoms with Crippen molar-refractivity contribution in [1.82, 2.24) is 0 Å². The van der Waals surface area contributed by atoms with Crippen molar-refractivity contribution in [2.24, 2.45) is 0 Å². The van der Waals surface area contributed by atoms with Crippen LogP contribution >= 0.6 is 0 Å². The number of nitrogens with two attached hydrogens (primary N) is 1. The summed E-state index contributed by atoms with van der Waals surface area (Å²) in [5.41, 5.74) is 6.34. The van der Waals surface area contributed by atoms with Gasteiger partial charge in [-0.1, -0.05) is 0 Å². The first kappa shape index (κ1) is 15.0. The first-order valence-corrected chi connectivity index (χ1v) is 5.51. The summed E-state index contributed by atoms with van der Waals surface area (Å²) in [6.45, 7) is 0. The third-order valence-electron chi connectivity index (χ3n) is 2.27. The number of aromatic carboxylic acids is 2. The highest BCUT2D eigenvalue weighted by molar-refractivity contribution is 5.88. The predicted octanol–water partition coefficient (Wildman–Crippen LogP) is 2.06. The van der Waals surface area contributed by atoms with Crippen LogP contribution in [0, 0.1) is 0 Å². The molecule has 0 unspecified atom stereocenters. The van der Waals surface area contributed by atoms with Crippen molar-refractivity contribution in [2.75, 3.05) is 5.73 Å². The SMILES string of the molecule is Nc1ccc(C(=O)O)cc1.O=C(O)c1ccc(O)cc1. The molecule has 0 atom stereocenters. The Balaban J connectivity index is 0.000000200. The van der Waals surface area contributed by atoms with Crippen LogP contribution in [0.4, 0.5) is 5.69 Å². The van der Waals surface area contributed by atoms with Gasteiger partial charge < -0.3 is 21.1 Å². The summed E-state index contributed by atoms with van der Waals surface area (Å²) in [7, 11) is 0. The van der Waals surface area contributed by atoms with Crippen molar-refractivity contribution < 1.29 is 24.9 Å². The number of phenols is 1. The van der Waals surface area contributed by atoms with Crippen LogP contribution in [-0.2, 0) is 0 Å². The quantitative estimate of drug-likeness (QED) is 0.622. The van der Waals surface area contributed by atoms with Gasteiger partial charge in [-0.3, -0.25) is 0 Å². The molecule has 0 aliphatic rings. The number of anilines is 1. The first-order valence-electron chi connectivity index (χ1n) is 5.51. The zero-order chi connectivity index (χ0) is 15.1. The van der Waals surface area contributed by atoms with Gasteiger partial charge in [-0.15, -0.1) is 0 Å². The molecule has 6 heteroatoms. The molecule has 0 aliphatic carbocycles. The third kappa shape index (κ3) is 4.69. The maximum Gasteiger partial charge on any atom is 0.335 e. The number of hydrogen-bond acceptors (Lipinski definition) is 4. The van der Waals surface area contributed by atoms with Crippen LogP contribution in [0.3, 0.4) is 0 Å². The maximum absolute atomic E-state index is 10.3. The Morgan fingerprint density at radius 1 is 0.750 bits per heavy atom. The third-order valence-corrected chi connectivity index (χ3v) is 2.27. The average molecular weight is 275 g/mol. The van der Waals surface area contributed by atoms with Crippen LogP contribution in [0.5, 0.6) is 5.75 Å². The average Bonchev–Trinajstić information content (AvgIpc) is 2.40.